The Kier molecular flexibility index (Phi) is 5.52. The van der Waals surface area contributed by atoms with E-state index < -0.39 is 23.9 Å². The zero-order valence-corrected chi connectivity index (χ0v) is 11.1. The number of carboxylic acids is 1. The molecule has 1 aromatic carbocycles. The van der Waals surface area contributed by atoms with E-state index in [0.29, 0.717) is 12.0 Å². The van der Waals surface area contributed by atoms with Gasteiger partial charge in [0, 0.05) is 12.1 Å². The van der Waals surface area contributed by atoms with E-state index in [1.807, 2.05) is 0 Å². The molecule has 7 heteroatoms. The Bertz CT molecular complexity index is 499. The number of carboxylic acid groups (broad SMARTS) is 1. The average molecular weight is 279 g/mol. The van der Waals surface area contributed by atoms with Crippen molar-refractivity contribution in [3.8, 4) is 0 Å². The molecule has 7 nitrogen and oxygen atoms in total. The molecule has 1 rings (SSSR count). The van der Waals surface area contributed by atoms with E-state index >= 15 is 0 Å². The molecule has 0 heterocycles. The molecule has 20 heavy (non-hydrogen) atoms. The predicted molar refractivity (Wildman–Crippen MR) is 72.0 cm³/mol. The van der Waals surface area contributed by atoms with Crippen molar-refractivity contribution < 1.29 is 19.5 Å². The number of hydrogen-bond acceptors (Lipinski definition) is 3. The zero-order valence-electron chi connectivity index (χ0n) is 11.1. The Morgan fingerprint density at radius 1 is 1.25 bits per heavy atom. The lowest BCUT2D eigenvalue weighted by Crippen LogP contribution is -2.40. The summed E-state index contributed by atoms with van der Waals surface area (Å²) in [5.74, 6) is -1.52. The first kappa shape index (κ1) is 15.5. The van der Waals surface area contributed by atoms with Crippen LogP contribution in [-0.4, -0.2) is 29.1 Å². The molecule has 0 spiro atoms. The van der Waals surface area contributed by atoms with E-state index in [2.05, 4.69) is 10.6 Å². The summed E-state index contributed by atoms with van der Waals surface area (Å²) in [6, 6.07) is 4.90. The Hall–Kier alpha value is -2.57. The van der Waals surface area contributed by atoms with Gasteiger partial charge in [-0.3, -0.25) is 4.79 Å². The number of benzene rings is 1. The number of aliphatic carboxylic acids is 1. The van der Waals surface area contributed by atoms with Gasteiger partial charge >= 0.3 is 12.0 Å². The molecule has 0 saturated heterocycles. The zero-order chi connectivity index (χ0) is 15.1. The van der Waals surface area contributed by atoms with E-state index in [9.17, 15) is 14.4 Å². The highest BCUT2D eigenvalue weighted by Gasteiger charge is 2.18. The minimum absolute atomic E-state index is 0.268. The third-order valence-electron chi connectivity index (χ3n) is 2.69. The SMILES string of the molecule is CC[C@@H](NC(=O)c1ccc(CNC(N)=O)cc1)C(=O)O. The highest BCUT2D eigenvalue weighted by atomic mass is 16.4. The molecule has 0 unspecified atom stereocenters. The average Bonchev–Trinajstić information content (AvgIpc) is 2.42. The number of nitrogens with two attached hydrogens (primary N) is 1. The largest absolute Gasteiger partial charge is 0.480 e. The third-order valence-corrected chi connectivity index (χ3v) is 2.69. The fourth-order valence-electron chi connectivity index (χ4n) is 1.54. The van der Waals surface area contributed by atoms with Crippen LogP contribution in [0.15, 0.2) is 24.3 Å². The molecule has 5 N–H and O–H groups in total. The van der Waals surface area contributed by atoms with Crippen LogP contribution in [0.25, 0.3) is 0 Å². The molecule has 3 amide bonds. The van der Waals surface area contributed by atoms with Crippen molar-refractivity contribution in [3.05, 3.63) is 35.4 Å². The van der Waals surface area contributed by atoms with Gasteiger partial charge in [-0.05, 0) is 24.1 Å². The quantitative estimate of drug-likeness (QED) is 0.603. The molecule has 0 fully saturated rings. The molecular formula is C13H17N3O4. The first-order valence-electron chi connectivity index (χ1n) is 6.10. The van der Waals surface area contributed by atoms with Crippen molar-refractivity contribution in [3.63, 3.8) is 0 Å². The Balaban J connectivity index is 2.65. The second-order valence-corrected chi connectivity index (χ2v) is 4.19. The fourth-order valence-corrected chi connectivity index (χ4v) is 1.54. The number of urea groups is 1. The molecule has 0 radical (unpaired) electrons. The summed E-state index contributed by atoms with van der Waals surface area (Å²) >= 11 is 0. The first-order valence-corrected chi connectivity index (χ1v) is 6.10. The van der Waals surface area contributed by atoms with Crippen LogP contribution in [0.3, 0.4) is 0 Å². The van der Waals surface area contributed by atoms with Crippen LogP contribution in [0.4, 0.5) is 4.79 Å². The third kappa shape index (κ3) is 4.60. The second kappa shape index (κ2) is 7.13. The smallest absolute Gasteiger partial charge is 0.326 e. The summed E-state index contributed by atoms with van der Waals surface area (Å²) < 4.78 is 0. The number of amides is 3. The van der Waals surface area contributed by atoms with Crippen LogP contribution in [0.2, 0.25) is 0 Å². The minimum atomic E-state index is -1.07. The van der Waals surface area contributed by atoms with Gasteiger partial charge in [-0.15, -0.1) is 0 Å². The summed E-state index contributed by atoms with van der Waals surface area (Å²) in [5.41, 5.74) is 6.08. The highest BCUT2D eigenvalue weighted by molar-refractivity contribution is 5.96. The van der Waals surface area contributed by atoms with Crippen LogP contribution in [0, 0.1) is 0 Å². The standard InChI is InChI=1S/C13H17N3O4/c1-2-10(12(18)19)16-11(17)9-5-3-8(4-6-9)7-15-13(14)20/h3-6,10H,2,7H2,1H3,(H,16,17)(H,18,19)(H3,14,15,20)/t10-/m1/s1. The van der Waals surface area contributed by atoms with E-state index in [1.54, 1.807) is 31.2 Å². The molecule has 0 bridgehead atoms. The number of carbonyl (C=O) groups excluding carboxylic acids is 2. The minimum Gasteiger partial charge on any atom is -0.480 e. The molecule has 0 aliphatic carbocycles. The van der Waals surface area contributed by atoms with Gasteiger partial charge in [0.25, 0.3) is 5.91 Å². The lowest BCUT2D eigenvalue weighted by atomic mass is 10.1. The summed E-state index contributed by atoms with van der Waals surface area (Å²) in [6.45, 7) is 1.95. The van der Waals surface area contributed by atoms with Crippen molar-refractivity contribution in [2.45, 2.75) is 25.9 Å². The monoisotopic (exact) mass is 279 g/mol. The summed E-state index contributed by atoms with van der Waals surface area (Å²) in [6.07, 6.45) is 0.307. The van der Waals surface area contributed by atoms with Crippen molar-refractivity contribution in [1.29, 1.82) is 0 Å². The Labute approximate surface area is 116 Å². The number of rotatable bonds is 6. The summed E-state index contributed by atoms with van der Waals surface area (Å²) in [7, 11) is 0. The Morgan fingerprint density at radius 3 is 2.30 bits per heavy atom. The van der Waals surface area contributed by atoms with E-state index in [1.165, 1.54) is 0 Å². The maximum Gasteiger partial charge on any atom is 0.326 e. The molecule has 1 aromatic rings. The van der Waals surface area contributed by atoms with Crippen LogP contribution >= 0.6 is 0 Å². The maximum absolute atomic E-state index is 11.8. The molecular weight excluding hydrogens is 262 g/mol. The van der Waals surface area contributed by atoms with Gasteiger partial charge in [0.05, 0.1) is 0 Å². The van der Waals surface area contributed by atoms with Crippen molar-refractivity contribution in [1.82, 2.24) is 10.6 Å². The first-order chi connectivity index (χ1) is 9.43. The molecule has 0 aliphatic heterocycles. The molecule has 108 valence electrons. The normalized spacial score (nSPS) is 11.4. The lowest BCUT2D eigenvalue weighted by molar-refractivity contribution is -0.139. The van der Waals surface area contributed by atoms with E-state index in [-0.39, 0.29) is 6.54 Å². The van der Waals surface area contributed by atoms with Crippen LogP contribution in [-0.2, 0) is 11.3 Å². The van der Waals surface area contributed by atoms with Gasteiger partial charge in [-0.1, -0.05) is 19.1 Å². The lowest BCUT2D eigenvalue weighted by Gasteiger charge is -2.12. The fraction of sp³-hybridized carbons (Fsp3) is 0.308. The summed E-state index contributed by atoms with van der Waals surface area (Å²) in [5, 5.41) is 13.7. The van der Waals surface area contributed by atoms with E-state index in [4.69, 9.17) is 10.8 Å². The maximum atomic E-state index is 11.8. The van der Waals surface area contributed by atoms with Gasteiger partial charge in [0.2, 0.25) is 0 Å². The number of carbonyl (C=O) groups is 3. The van der Waals surface area contributed by atoms with Crippen LogP contribution in [0.1, 0.15) is 29.3 Å². The van der Waals surface area contributed by atoms with Crippen LogP contribution in [0.5, 0.6) is 0 Å². The van der Waals surface area contributed by atoms with Crippen molar-refractivity contribution >= 4 is 17.9 Å². The number of hydrogen-bond donors (Lipinski definition) is 4. The van der Waals surface area contributed by atoms with Gasteiger partial charge in [-0.25, -0.2) is 9.59 Å². The van der Waals surface area contributed by atoms with Gasteiger partial charge < -0.3 is 21.5 Å². The van der Waals surface area contributed by atoms with Gasteiger partial charge in [-0.2, -0.15) is 0 Å². The molecule has 0 aliphatic rings. The van der Waals surface area contributed by atoms with Gasteiger partial charge in [0.15, 0.2) is 0 Å². The highest BCUT2D eigenvalue weighted by Crippen LogP contribution is 2.05. The molecule has 0 saturated carbocycles. The van der Waals surface area contributed by atoms with E-state index in [0.717, 1.165) is 5.56 Å². The van der Waals surface area contributed by atoms with Crippen LogP contribution < -0.4 is 16.4 Å². The van der Waals surface area contributed by atoms with Crippen molar-refractivity contribution in [2.24, 2.45) is 5.73 Å². The predicted octanol–water partition coefficient (Wildman–Crippen LogP) is 0.448. The number of primary amides is 1. The summed E-state index contributed by atoms with van der Waals surface area (Å²) in [4.78, 5) is 33.2. The molecule has 0 aromatic heterocycles. The number of nitrogens with one attached hydrogen (secondary N) is 2. The van der Waals surface area contributed by atoms with Crippen molar-refractivity contribution in [2.75, 3.05) is 0 Å². The Morgan fingerprint density at radius 2 is 1.85 bits per heavy atom. The van der Waals surface area contributed by atoms with Gasteiger partial charge in [0.1, 0.15) is 6.04 Å². The second-order valence-electron chi connectivity index (χ2n) is 4.19. The topological polar surface area (TPSA) is 122 Å². The molecule has 1 atom stereocenters.